The topological polar surface area (TPSA) is 93.3 Å². The Bertz CT molecular complexity index is 1250. The number of carboxylic acids is 1. The highest BCUT2D eigenvalue weighted by atomic mass is 35.5. The zero-order chi connectivity index (χ0) is 22.2. The molecule has 1 unspecified atom stereocenters. The van der Waals surface area contributed by atoms with Gasteiger partial charge < -0.3 is 5.11 Å². The van der Waals surface area contributed by atoms with E-state index in [0.29, 0.717) is 32.4 Å². The van der Waals surface area contributed by atoms with Crippen molar-refractivity contribution in [2.75, 3.05) is 0 Å². The van der Waals surface area contributed by atoms with Gasteiger partial charge in [-0.15, -0.1) is 11.3 Å². The molecule has 0 saturated carbocycles. The highest BCUT2D eigenvalue weighted by Crippen LogP contribution is 2.43. The number of hydrogen-bond acceptors (Lipinski definition) is 5. The lowest BCUT2D eigenvalue weighted by Gasteiger charge is -2.25. The molecule has 0 bridgehead atoms. The van der Waals surface area contributed by atoms with Gasteiger partial charge in [0, 0.05) is 21.9 Å². The third-order valence-corrected chi connectivity index (χ3v) is 6.80. The molecule has 0 spiro atoms. The number of allylic oxidation sites excluding steroid dienone is 2. The van der Waals surface area contributed by atoms with E-state index in [4.69, 9.17) is 23.2 Å². The van der Waals surface area contributed by atoms with Gasteiger partial charge in [-0.3, -0.25) is 10.1 Å². The van der Waals surface area contributed by atoms with Crippen molar-refractivity contribution < 1.29 is 14.8 Å². The minimum atomic E-state index is -1.77. The Kier molecular flexibility index (Phi) is 5.66. The van der Waals surface area contributed by atoms with Crippen LogP contribution in [0.1, 0.15) is 17.0 Å². The van der Waals surface area contributed by atoms with E-state index in [1.54, 1.807) is 47.8 Å². The van der Waals surface area contributed by atoms with Crippen LogP contribution in [-0.2, 0) is 10.3 Å². The van der Waals surface area contributed by atoms with E-state index in [1.807, 2.05) is 6.07 Å². The molecule has 1 aliphatic rings. The Morgan fingerprint density at radius 3 is 2.52 bits per heavy atom. The Morgan fingerprint density at radius 1 is 1.13 bits per heavy atom. The minimum Gasteiger partial charge on any atom is -0.478 e. The van der Waals surface area contributed by atoms with Crippen LogP contribution in [-0.4, -0.2) is 21.0 Å². The van der Waals surface area contributed by atoms with E-state index in [9.17, 15) is 20.0 Å². The minimum absolute atomic E-state index is 0.0308. The van der Waals surface area contributed by atoms with Crippen molar-refractivity contribution in [2.45, 2.75) is 12.0 Å². The molecule has 1 N–H and O–H groups in total. The smallest absolute Gasteiger partial charge is 0.332 e. The second-order valence-corrected chi connectivity index (χ2v) is 8.59. The first-order valence-corrected chi connectivity index (χ1v) is 10.7. The highest BCUT2D eigenvalue weighted by Gasteiger charge is 2.49. The maximum absolute atomic E-state index is 12.2. The summed E-state index contributed by atoms with van der Waals surface area (Å²) < 4.78 is 0. The number of nitro groups is 1. The van der Waals surface area contributed by atoms with Gasteiger partial charge in [0.15, 0.2) is 5.01 Å². The molecule has 9 heteroatoms. The van der Waals surface area contributed by atoms with Crippen LogP contribution in [0.15, 0.2) is 71.6 Å². The fourth-order valence-electron chi connectivity index (χ4n) is 3.44. The van der Waals surface area contributed by atoms with Gasteiger partial charge in [0.1, 0.15) is 0 Å². The molecule has 31 heavy (non-hydrogen) atoms. The molecule has 4 rings (SSSR count). The lowest BCUT2D eigenvalue weighted by atomic mass is 9.82. The summed E-state index contributed by atoms with van der Waals surface area (Å²) in [5.74, 6) is -1.20. The van der Waals surface area contributed by atoms with Crippen molar-refractivity contribution in [3.8, 4) is 11.3 Å². The molecule has 0 amide bonds. The molecule has 1 aromatic heterocycles. The van der Waals surface area contributed by atoms with E-state index in [1.165, 1.54) is 12.2 Å². The van der Waals surface area contributed by atoms with Gasteiger partial charge in [-0.2, -0.15) is 0 Å². The first kappa shape index (κ1) is 21.2. The number of benzene rings is 2. The van der Waals surface area contributed by atoms with E-state index in [0.717, 1.165) is 11.3 Å². The Balaban J connectivity index is 1.78. The summed E-state index contributed by atoms with van der Waals surface area (Å²) in [6.07, 6.45) is 2.62. The van der Waals surface area contributed by atoms with Crippen LogP contribution >= 0.6 is 34.5 Å². The predicted octanol–water partition coefficient (Wildman–Crippen LogP) is 6.09. The van der Waals surface area contributed by atoms with Crippen molar-refractivity contribution in [3.05, 3.63) is 102 Å². The summed E-state index contributed by atoms with van der Waals surface area (Å²) in [4.78, 5) is 28.2. The number of aromatic nitrogens is 1. The second-order valence-electron chi connectivity index (χ2n) is 6.92. The number of carbonyl (C=O) groups is 1. The second kappa shape index (κ2) is 8.26. The average molecular weight is 473 g/mol. The highest BCUT2D eigenvalue weighted by molar-refractivity contribution is 7.10. The number of aliphatic carboxylic acids is 1. The fourth-order valence-corrected chi connectivity index (χ4v) is 4.72. The van der Waals surface area contributed by atoms with Crippen molar-refractivity contribution >= 4 is 46.1 Å². The molecule has 6 nitrogen and oxygen atoms in total. The van der Waals surface area contributed by atoms with Crippen LogP contribution in [0, 0.1) is 10.1 Å². The summed E-state index contributed by atoms with van der Waals surface area (Å²) in [6.45, 7) is 0. The quantitative estimate of drug-likeness (QED) is 0.358. The number of hydrogen-bond donors (Lipinski definition) is 1. The molecule has 0 radical (unpaired) electrons. The number of rotatable bonds is 5. The third kappa shape index (κ3) is 3.87. The van der Waals surface area contributed by atoms with Crippen LogP contribution < -0.4 is 0 Å². The van der Waals surface area contributed by atoms with Gasteiger partial charge in [0.05, 0.1) is 27.7 Å². The molecule has 1 heterocycles. The largest absolute Gasteiger partial charge is 0.478 e. The molecule has 2 aromatic carbocycles. The first-order chi connectivity index (χ1) is 14.8. The van der Waals surface area contributed by atoms with Crippen LogP contribution in [0.25, 0.3) is 16.8 Å². The molecule has 0 aliphatic heterocycles. The van der Waals surface area contributed by atoms with E-state index in [-0.39, 0.29) is 17.0 Å². The lowest BCUT2D eigenvalue weighted by molar-refractivity contribution is -0.563. The molecule has 1 aliphatic carbocycles. The SMILES string of the molecule is O=C(O)C1=C(c2ccccc2)C=CC(c2nc(-c3ccc(Cl)c(Cl)c3)cs2)([N+](=O)[O-])C1. The zero-order valence-corrected chi connectivity index (χ0v) is 18.1. The van der Waals surface area contributed by atoms with Crippen LogP contribution in [0.4, 0.5) is 0 Å². The van der Waals surface area contributed by atoms with Crippen LogP contribution in [0.3, 0.4) is 0 Å². The van der Waals surface area contributed by atoms with Gasteiger partial charge in [-0.1, -0.05) is 65.7 Å². The number of nitrogens with zero attached hydrogens (tertiary/aromatic N) is 2. The standard InChI is InChI=1S/C22H14Cl2N2O4S/c23-17-7-6-14(10-18(17)24)19-12-31-21(25-19)22(26(29)30)9-8-15(16(11-22)20(27)28)13-4-2-1-3-5-13/h1-10,12H,11H2,(H,27,28). The third-order valence-electron chi connectivity index (χ3n) is 5.06. The van der Waals surface area contributed by atoms with E-state index >= 15 is 0 Å². The Hall–Kier alpha value is -3.00. The Morgan fingerprint density at radius 2 is 1.87 bits per heavy atom. The molecule has 156 valence electrons. The van der Waals surface area contributed by atoms with Gasteiger partial charge in [0.25, 0.3) is 5.54 Å². The fraction of sp³-hybridized carbons (Fsp3) is 0.0909. The summed E-state index contributed by atoms with van der Waals surface area (Å²) in [5.41, 5.74) is 0.495. The summed E-state index contributed by atoms with van der Waals surface area (Å²) in [7, 11) is 0. The van der Waals surface area contributed by atoms with Crippen molar-refractivity contribution in [3.63, 3.8) is 0 Å². The number of carboxylic acid groups (broad SMARTS) is 1. The monoisotopic (exact) mass is 472 g/mol. The molecule has 3 aromatic rings. The van der Waals surface area contributed by atoms with E-state index < -0.39 is 16.4 Å². The molecular formula is C22H14Cl2N2O4S. The zero-order valence-electron chi connectivity index (χ0n) is 15.8. The number of thiazole rings is 1. The molecule has 1 atom stereocenters. The lowest BCUT2D eigenvalue weighted by Crippen LogP contribution is -2.36. The molecule has 0 fully saturated rings. The Labute approximate surface area is 191 Å². The molecule has 0 saturated heterocycles. The van der Waals surface area contributed by atoms with Crippen molar-refractivity contribution in [1.82, 2.24) is 4.98 Å². The van der Waals surface area contributed by atoms with Gasteiger partial charge in [0.2, 0.25) is 0 Å². The van der Waals surface area contributed by atoms with Crippen LogP contribution in [0.2, 0.25) is 10.0 Å². The van der Waals surface area contributed by atoms with Crippen LogP contribution in [0.5, 0.6) is 0 Å². The number of halogens is 2. The van der Waals surface area contributed by atoms with Gasteiger partial charge in [-0.25, -0.2) is 9.78 Å². The summed E-state index contributed by atoms with van der Waals surface area (Å²) in [5, 5.41) is 24.6. The van der Waals surface area contributed by atoms with Gasteiger partial charge in [-0.05, 0) is 23.3 Å². The average Bonchev–Trinajstić information content (AvgIpc) is 3.26. The maximum atomic E-state index is 12.2. The summed E-state index contributed by atoms with van der Waals surface area (Å²) in [6, 6.07) is 13.9. The van der Waals surface area contributed by atoms with E-state index in [2.05, 4.69) is 4.98 Å². The first-order valence-electron chi connectivity index (χ1n) is 9.09. The van der Waals surface area contributed by atoms with Crippen molar-refractivity contribution in [2.24, 2.45) is 0 Å². The van der Waals surface area contributed by atoms with Crippen molar-refractivity contribution in [1.29, 1.82) is 0 Å². The van der Waals surface area contributed by atoms with Gasteiger partial charge >= 0.3 is 5.97 Å². The maximum Gasteiger partial charge on any atom is 0.332 e. The predicted molar refractivity (Wildman–Crippen MR) is 121 cm³/mol. The molecular weight excluding hydrogens is 459 g/mol. The normalized spacial score (nSPS) is 18.3. The summed E-state index contributed by atoms with van der Waals surface area (Å²) >= 11 is 13.1.